The third-order valence-corrected chi connectivity index (χ3v) is 10.5. The summed E-state index contributed by atoms with van der Waals surface area (Å²) in [4.78, 5) is 2.81. The van der Waals surface area contributed by atoms with Crippen LogP contribution in [-0.4, -0.2) is 44.2 Å². The van der Waals surface area contributed by atoms with E-state index < -0.39 is 16.3 Å². The zero-order chi connectivity index (χ0) is 31.8. The summed E-state index contributed by atoms with van der Waals surface area (Å²) < 4.78 is 41.7. The molecular formula is C38H44N2O5S. The Morgan fingerprint density at radius 3 is 2.11 bits per heavy atom. The Bertz CT molecular complexity index is 1640. The van der Waals surface area contributed by atoms with Gasteiger partial charge in [0, 0.05) is 25.1 Å². The zero-order valence-corrected chi connectivity index (χ0v) is 27.1. The van der Waals surface area contributed by atoms with Crippen molar-refractivity contribution in [1.82, 2.24) is 9.62 Å². The van der Waals surface area contributed by atoms with E-state index in [9.17, 15) is 13.5 Å². The van der Waals surface area contributed by atoms with Gasteiger partial charge in [-0.15, -0.1) is 0 Å². The smallest absolute Gasteiger partial charge is 0.240 e. The van der Waals surface area contributed by atoms with E-state index in [-0.39, 0.29) is 30.3 Å². The first-order valence-electron chi connectivity index (χ1n) is 16.4. The highest BCUT2D eigenvalue weighted by Gasteiger charge is 2.33. The van der Waals surface area contributed by atoms with Crippen molar-refractivity contribution in [2.75, 3.05) is 19.6 Å². The average Bonchev–Trinajstić information content (AvgIpc) is 3.09. The molecule has 242 valence electrons. The van der Waals surface area contributed by atoms with Gasteiger partial charge in [-0.05, 0) is 65.9 Å². The summed E-state index contributed by atoms with van der Waals surface area (Å²) in [7, 11) is -3.63. The van der Waals surface area contributed by atoms with Gasteiger partial charge in [0.05, 0.1) is 23.7 Å². The molecule has 0 aliphatic carbocycles. The van der Waals surface area contributed by atoms with Gasteiger partial charge in [0.25, 0.3) is 0 Å². The maximum atomic E-state index is 12.9. The van der Waals surface area contributed by atoms with Crippen molar-refractivity contribution in [2.24, 2.45) is 0 Å². The fraction of sp³-hybridized carbons (Fsp3) is 0.368. The summed E-state index contributed by atoms with van der Waals surface area (Å²) in [6, 6.07) is 32.5. The molecule has 4 aromatic rings. The molecule has 6 rings (SSSR count). The van der Waals surface area contributed by atoms with E-state index in [0.29, 0.717) is 0 Å². The van der Waals surface area contributed by atoms with Gasteiger partial charge in [-0.2, -0.15) is 0 Å². The lowest BCUT2D eigenvalue weighted by Crippen LogP contribution is -2.40. The van der Waals surface area contributed by atoms with E-state index in [1.54, 1.807) is 30.3 Å². The van der Waals surface area contributed by atoms with E-state index in [2.05, 4.69) is 46.0 Å². The number of rotatable bonds is 10. The second-order valence-electron chi connectivity index (χ2n) is 12.3. The molecule has 7 nitrogen and oxygen atoms in total. The predicted octanol–water partition coefficient (Wildman–Crippen LogP) is 7.14. The zero-order valence-electron chi connectivity index (χ0n) is 26.3. The largest absolute Gasteiger partial charge is 0.392 e. The summed E-state index contributed by atoms with van der Waals surface area (Å²) in [5, 5.41) is 9.54. The molecule has 4 aromatic carbocycles. The Morgan fingerprint density at radius 1 is 0.739 bits per heavy atom. The van der Waals surface area contributed by atoms with Crippen LogP contribution in [0.1, 0.15) is 73.2 Å². The average molecular weight is 641 g/mol. The van der Waals surface area contributed by atoms with Gasteiger partial charge in [0.15, 0.2) is 6.29 Å². The molecule has 0 saturated carbocycles. The number of aliphatic hydroxyl groups is 1. The van der Waals surface area contributed by atoms with E-state index in [1.165, 1.54) is 32.1 Å². The highest BCUT2D eigenvalue weighted by atomic mass is 32.2. The lowest BCUT2D eigenvalue weighted by Gasteiger charge is -2.39. The Balaban J connectivity index is 1.20. The molecule has 2 aliphatic heterocycles. The van der Waals surface area contributed by atoms with Crippen molar-refractivity contribution >= 4 is 10.0 Å². The van der Waals surface area contributed by atoms with Gasteiger partial charge < -0.3 is 19.5 Å². The molecule has 0 radical (unpaired) electrons. The summed E-state index contributed by atoms with van der Waals surface area (Å²) in [5.74, 6) is 0. The van der Waals surface area contributed by atoms with Crippen LogP contribution in [0.25, 0.3) is 11.1 Å². The van der Waals surface area contributed by atoms with Crippen LogP contribution in [0.15, 0.2) is 108 Å². The van der Waals surface area contributed by atoms with Crippen LogP contribution in [0.4, 0.5) is 0 Å². The van der Waals surface area contributed by atoms with Crippen molar-refractivity contribution in [2.45, 2.75) is 75.1 Å². The minimum atomic E-state index is -3.63. The molecule has 0 spiro atoms. The van der Waals surface area contributed by atoms with Crippen LogP contribution < -0.4 is 4.72 Å². The summed E-state index contributed by atoms with van der Waals surface area (Å²) >= 11 is 0. The van der Waals surface area contributed by atoms with Gasteiger partial charge in [-0.1, -0.05) is 110 Å². The fourth-order valence-corrected chi connectivity index (χ4v) is 7.48. The monoisotopic (exact) mass is 640 g/mol. The molecule has 0 aromatic heterocycles. The molecular weight excluding hydrogens is 596 g/mol. The topological polar surface area (TPSA) is 88.1 Å². The molecule has 2 fully saturated rings. The minimum absolute atomic E-state index is 0.0174. The Kier molecular flexibility index (Phi) is 11.0. The first kappa shape index (κ1) is 32.6. The second-order valence-corrected chi connectivity index (χ2v) is 14.1. The van der Waals surface area contributed by atoms with Gasteiger partial charge in [-0.25, -0.2) is 13.1 Å². The van der Waals surface area contributed by atoms with Crippen LogP contribution in [0, 0.1) is 0 Å². The van der Waals surface area contributed by atoms with Crippen molar-refractivity contribution in [3.05, 3.63) is 125 Å². The number of sulfonamides is 1. The number of benzene rings is 4. The highest BCUT2D eigenvalue weighted by molar-refractivity contribution is 7.89. The van der Waals surface area contributed by atoms with E-state index in [1.807, 2.05) is 36.4 Å². The SMILES string of the molecule is O=S(=O)(NCc1ccccc1-c1ccc([C@@H]2O[C@H](CN3CCCCCCC3)C[C@H](c3ccc(CO)cc3)O2)cc1)c1ccccc1. The van der Waals surface area contributed by atoms with Crippen LogP contribution in [-0.2, 0) is 32.6 Å². The Labute approximate surface area is 273 Å². The number of hydrogen-bond donors (Lipinski definition) is 2. The van der Waals surface area contributed by atoms with E-state index in [0.717, 1.165) is 59.4 Å². The van der Waals surface area contributed by atoms with Gasteiger partial charge >= 0.3 is 0 Å². The lowest BCUT2D eigenvalue weighted by atomic mass is 9.97. The van der Waals surface area contributed by atoms with Crippen molar-refractivity contribution in [3.8, 4) is 11.1 Å². The summed E-state index contributed by atoms with van der Waals surface area (Å²) in [6.07, 6.45) is 6.55. The third-order valence-electron chi connectivity index (χ3n) is 9.04. The van der Waals surface area contributed by atoms with Crippen LogP contribution in [0.5, 0.6) is 0 Å². The summed E-state index contributed by atoms with van der Waals surface area (Å²) in [6.45, 7) is 3.30. The van der Waals surface area contributed by atoms with Crippen molar-refractivity contribution < 1.29 is 23.0 Å². The summed E-state index contributed by atoms with van der Waals surface area (Å²) in [5.41, 5.74) is 5.76. The molecule has 2 aliphatic rings. The molecule has 8 heteroatoms. The normalized spacial score (nSPS) is 21.4. The van der Waals surface area contributed by atoms with Crippen LogP contribution in [0.3, 0.4) is 0 Å². The van der Waals surface area contributed by atoms with Gasteiger partial charge in [-0.3, -0.25) is 0 Å². The number of nitrogens with zero attached hydrogens (tertiary/aromatic N) is 1. The molecule has 46 heavy (non-hydrogen) atoms. The molecule has 3 atom stereocenters. The minimum Gasteiger partial charge on any atom is -0.392 e. The van der Waals surface area contributed by atoms with Crippen molar-refractivity contribution in [1.29, 1.82) is 0 Å². The van der Waals surface area contributed by atoms with Gasteiger partial charge in [0.1, 0.15) is 0 Å². The van der Waals surface area contributed by atoms with E-state index >= 15 is 0 Å². The van der Waals surface area contributed by atoms with Crippen LogP contribution >= 0.6 is 0 Å². The highest BCUT2D eigenvalue weighted by Crippen LogP contribution is 2.39. The quantitative estimate of drug-likeness (QED) is 0.192. The Hall–Kier alpha value is -3.37. The lowest BCUT2D eigenvalue weighted by molar-refractivity contribution is -0.253. The Morgan fingerprint density at radius 2 is 1.39 bits per heavy atom. The second kappa shape index (κ2) is 15.5. The molecule has 2 N–H and O–H groups in total. The maximum absolute atomic E-state index is 12.9. The van der Waals surface area contributed by atoms with Crippen molar-refractivity contribution in [3.63, 3.8) is 0 Å². The number of hydrogen-bond acceptors (Lipinski definition) is 6. The van der Waals surface area contributed by atoms with E-state index in [4.69, 9.17) is 9.47 Å². The molecule has 2 saturated heterocycles. The molecule has 0 bridgehead atoms. The standard InChI is InChI=1S/C38H44N2O5S/c41-28-29-15-17-31(18-16-29)37-25-34(27-40-23-9-2-1-3-10-24-40)44-38(45-37)32-21-19-30(20-22-32)36-14-8-7-11-33(36)26-39-46(42,43)35-12-5-4-6-13-35/h4-8,11-22,34,37-39,41H,1-3,9-10,23-28H2/t34-,37+,38+/m0/s1. The maximum Gasteiger partial charge on any atom is 0.240 e. The number of nitrogens with one attached hydrogen (secondary N) is 1. The van der Waals surface area contributed by atoms with Gasteiger partial charge in [0.2, 0.25) is 10.0 Å². The molecule has 0 unspecified atom stereocenters. The first-order valence-corrected chi connectivity index (χ1v) is 17.9. The molecule has 0 amide bonds. The first-order chi connectivity index (χ1) is 22.5. The number of ether oxygens (including phenoxy) is 2. The third kappa shape index (κ3) is 8.31. The van der Waals surface area contributed by atoms with Crippen LogP contribution in [0.2, 0.25) is 0 Å². The fourth-order valence-electron chi connectivity index (χ4n) is 6.45. The number of aliphatic hydroxyl groups excluding tert-OH is 1. The number of likely N-dealkylation sites (tertiary alicyclic amines) is 1. The molecule has 2 heterocycles. The predicted molar refractivity (Wildman–Crippen MR) is 180 cm³/mol.